The number of imidazole rings is 1. The maximum absolute atomic E-state index is 12.7. The Kier molecular flexibility index (Phi) is 3.28. The van der Waals surface area contributed by atoms with Crippen molar-refractivity contribution in [2.24, 2.45) is 0 Å². The van der Waals surface area contributed by atoms with Gasteiger partial charge in [-0.05, 0) is 5.56 Å². The fourth-order valence-electron chi connectivity index (χ4n) is 2.02. The highest BCUT2D eigenvalue weighted by Crippen LogP contribution is 2.18. The van der Waals surface area contributed by atoms with Gasteiger partial charge in [0.25, 0.3) is 0 Å². The molecule has 4 nitrogen and oxygen atoms in total. The third kappa shape index (κ3) is 2.45. The lowest BCUT2D eigenvalue weighted by atomic mass is 10.1. The van der Waals surface area contributed by atoms with Crippen LogP contribution in [0, 0.1) is 0 Å². The monoisotopic (exact) mass is 274 g/mol. The van der Waals surface area contributed by atoms with Gasteiger partial charge in [-0.25, -0.2) is 4.98 Å². The topological polar surface area (TPSA) is 35.6 Å². The van der Waals surface area contributed by atoms with Crippen LogP contribution in [0.1, 0.15) is 12.4 Å². The summed E-state index contributed by atoms with van der Waals surface area (Å²) in [5.74, 6) is 0.280. The van der Waals surface area contributed by atoms with Crippen LogP contribution in [0.25, 0.3) is 11.1 Å². The smallest absolute Gasteiger partial charge is 0.276 e. The predicted octanol–water partition coefficient (Wildman–Crippen LogP) is 3.19. The first-order chi connectivity index (χ1) is 9.74. The molecule has 0 radical (unpaired) electrons. The van der Waals surface area contributed by atoms with Crippen molar-refractivity contribution < 1.29 is 8.78 Å². The van der Waals surface area contributed by atoms with Crippen molar-refractivity contribution in [3.05, 3.63) is 60.9 Å². The molecule has 0 unspecified atom stereocenters. The normalized spacial score (nSPS) is 11.2. The molecular formula is C14H12F2N4. The third-order valence-corrected chi connectivity index (χ3v) is 3.00. The van der Waals surface area contributed by atoms with Gasteiger partial charge in [-0.1, -0.05) is 30.3 Å². The molecule has 0 spiro atoms. The van der Waals surface area contributed by atoms with Gasteiger partial charge >= 0.3 is 6.55 Å². The van der Waals surface area contributed by atoms with Crippen molar-refractivity contribution in [2.45, 2.75) is 13.1 Å². The summed E-state index contributed by atoms with van der Waals surface area (Å²) in [7, 11) is 0. The summed E-state index contributed by atoms with van der Waals surface area (Å²) in [4.78, 5) is 3.94. The quantitative estimate of drug-likeness (QED) is 0.732. The minimum absolute atomic E-state index is 0.212. The molecule has 0 bridgehead atoms. The Balaban J connectivity index is 1.83. The molecule has 0 fully saturated rings. The molecule has 0 aliphatic heterocycles. The summed E-state index contributed by atoms with van der Waals surface area (Å²) in [6.45, 7) is -2.37. The van der Waals surface area contributed by atoms with Crippen LogP contribution in [0.15, 0.2) is 55.1 Å². The van der Waals surface area contributed by atoms with E-state index in [0.29, 0.717) is 0 Å². The van der Waals surface area contributed by atoms with Crippen molar-refractivity contribution in [1.82, 2.24) is 19.3 Å². The molecule has 3 aromatic rings. The lowest BCUT2D eigenvalue weighted by Gasteiger charge is -2.06. The van der Waals surface area contributed by atoms with Gasteiger partial charge < -0.3 is 0 Å². The van der Waals surface area contributed by atoms with Crippen LogP contribution in [0.3, 0.4) is 0 Å². The van der Waals surface area contributed by atoms with Crippen LogP contribution in [0.2, 0.25) is 0 Å². The van der Waals surface area contributed by atoms with Crippen LogP contribution in [-0.4, -0.2) is 19.3 Å². The Morgan fingerprint density at radius 3 is 2.65 bits per heavy atom. The van der Waals surface area contributed by atoms with Gasteiger partial charge in [0.2, 0.25) is 0 Å². The van der Waals surface area contributed by atoms with Gasteiger partial charge in [0.05, 0.1) is 12.7 Å². The van der Waals surface area contributed by atoms with E-state index in [9.17, 15) is 8.78 Å². The minimum Gasteiger partial charge on any atom is -0.276 e. The Labute approximate surface area is 114 Å². The standard InChI is InChI=1S/C14H12F2N4/c15-14(16)20-7-6-17-13(20)10-19-9-12(8-18-19)11-4-2-1-3-5-11/h1-9,14H,10H2. The maximum Gasteiger partial charge on any atom is 0.319 e. The van der Waals surface area contributed by atoms with E-state index in [1.165, 1.54) is 12.4 Å². The van der Waals surface area contributed by atoms with Gasteiger partial charge in [-0.15, -0.1) is 0 Å². The van der Waals surface area contributed by atoms with Gasteiger partial charge in [-0.2, -0.15) is 13.9 Å². The number of alkyl halides is 2. The zero-order chi connectivity index (χ0) is 13.9. The molecule has 2 heterocycles. The molecule has 102 valence electrons. The average Bonchev–Trinajstić information content (AvgIpc) is 3.09. The van der Waals surface area contributed by atoms with E-state index in [0.717, 1.165) is 15.7 Å². The SMILES string of the molecule is FC(F)n1ccnc1Cn1cc(-c2ccccc2)cn1. The van der Waals surface area contributed by atoms with E-state index in [1.54, 1.807) is 10.9 Å². The van der Waals surface area contributed by atoms with Crippen molar-refractivity contribution in [2.75, 3.05) is 0 Å². The molecule has 2 aromatic heterocycles. The van der Waals surface area contributed by atoms with Crippen LogP contribution >= 0.6 is 0 Å². The van der Waals surface area contributed by atoms with Crippen LogP contribution in [0.5, 0.6) is 0 Å². The molecule has 6 heteroatoms. The maximum atomic E-state index is 12.7. The van der Waals surface area contributed by atoms with Crippen LogP contribution in [-0.2, 0) is 6.54 Å². The highest BCUT2D eigenvalue weighted by atomic mass is 19.3. The second-order valence-electron chi connectivity index (χ2n) is 4.32. The summed E-state index contributed by atoms with van der Waals surface area (Å²) in [5, 5.41) is 4.19. The molecular weight excluding hydrogens is 262 g/mol. The Bertz CT molecular complexity index is 688. The number of benzene rings is 1. The van der Waals surface area contributed by atoms with Crippen molar-refractivity contribution in [1.29, 1.82) is 0 Å². The second kappa shape index (κ2) is 5.24. The van der Waals surface area contributed by atoms with Crippen LogP contribution in [0.4, 0.5) is 8.78 Å². The first kappa shape index (κ1) is 12.5. The summed E-state index contributed by atoms with van der Waals surface area (Å²) in [5.41, 5.74) is 1.98. The molecule has 0 aliphatic rings. The molecule has 0 N–H and O–H groups in total. The third-order valence-electron chi connectivity index (χ3n) is 3.00. The van der Waals surface area contributed by atoms with Gasteiger partial charge in [-0.3, -0.25) is 9.25 Å². The van der Waals surface area contributed by atoms with E-state index in [4.69, 9.17) is 0 Å². The molecule has 0 atom stereocenters. The fourth-order valence-corrected chi connectivity index (χ4v) is 2.02. The van der Waals surface area contributed by atoms with Crippen molar-refractivity contribution >= 4 is 0 Å². The molecule has 20 heavy (non-hydrogen) atoms. The first-order valence-electron chi connectivity index (χ1n) is 6.12. The predicted molar refractivity (Wildman–Crippen MR) is 70.2 cm³/mol. The molecule has 0 saturated heterocycles. The molecule has 1 aromatic carbocycles. The summed E-state index contributed by atoms with van der Waals surface area (Å²) >= 11 is 0. The highest BCUT2D eigenvalue weighted by molar-refractivity contribution is 5.61. The number of aromatic nitrogens is 4. The van der Waals surface area contributed by atoms with Gasteiger partial charge in [0.1, 0.15) is 5.82 Å². The Morgan fingerprint density at radius 2 is 1.90 bits per heavy atom. The van der Waals surface area contributed by atoms with E-state index < -0.39 is 6.55 Å². The number of nitrogens with zero attached hydrogens (tertiary/aromatic N) is 4. The number of rotatable bonds is 4. The minimum atomic E-state index is -2.59. The van der Waals surface area contributed by atoms with Gasteiger partial charge in [0.15, 0.2) is 0 Å². The molecule has 0 aliphatic carbocycles. The Hall–Kier alpha value is -2.50. The molecule has 0 saturated carbocycles. The second-order valence-corrected chi connectivity index (χ2v) is 4.32. The summed E-state index contributed by atoms with van der Waals surface area (Å²) in [6.07, 6.45) is 6.16. The zero-order valence-electron chi connectivity index (χ0n) is 10.5. The molecule has 0 amide bonds. The Morgan fingerprint density at radius 1 is 1.10 bits per heavy atom. The van der Waals surface area contributed by atoms with E-state index >= 15 is 0 Å². The average molecular weight is 274 g/mol. The molecule has 3 rings (SSSR count). The number of halogens is 2. The largest absolute Gasteiger partial charge is 0.319 e. The van der Waals surface area contributed by atoms with E-state index in [2.05, 4.69) is 10.1 Å². The first-order valence-corrected chi connectivity index (χ1v) is 6.12. The summed E-state index contributed by atoms with van der Waals surface area (Å²) in [6, 6.07) is 9.77. The fraction of sp³-hybridized carbons (Fsp3) is 0.143. The van der Waals surface area contributed by atoms with E-state index in [-0.39, 0.29) is 12.4 Å². The summed E-state index contributed by atoms with van der Waals surface area (Å²) < 4.78 is 27.9. The number of hydrogen-bond acceptors (Lipinski definition) is 2. The van der Waals surface area contributed by atoms with Crippen molar-refractivity contribution in [3.8, 4) is 11.1 Å². The number of hydrogen-bond donors (Lipinski definition) is 0. The van der Waals surface area contributed by atoms with Crippen LogP contribution < -0.4 is 0 Å². The van der Waals surface area contributed by atoms with Gasteiger partial charge in [0, 0.05) is 24.2 Å². The lowest BCUT2D eigenvalue weighted by Crippen LogP contribution is -2.09. The lowest BCUT2D eigenvalue weighted by molar-refractivity contribution is 0.0665. The highest BCUT2D eigenvalue weighted by Gasteiger charge is 2.12. The van der Waals surface area contributed by atoms with E-state index in [1.807, 2.05) is 36.5 Å². The van der Waals surface area contributed by atoms with Crippen molar-refractivity contribution in [3.63, 3.8) is 0 Å². The zero-order valence-corrected chi connectivity index (χ0v) is 10.5.